The summed E-state index contributed by atoms with van der Waals surface area (Å²) in [7, 11) is 1.92. The molecule has 5 heteroatoms. The topological polar surface area (TPSA) is 59.8 Å². The zero-order chi connectivity index (χ0) is 17.0. The molecule has 2 aromatic rings. The second-order valence-corrected chi connectivity index (χ2v) is 7.70. The number of pyridine rings is 1. The van der Waals surface area contributed by atoms with E-state index in [1.54, 1.807) is 0 Å². The van der Waals surface area contributed by atoms with Gasteiger partial charge in [-0.2, -0.15) is 5.10 Å². The van der Waals surface area contributed by atoms with Gasteiger partial charge in [-0.25, -0.2) is 0 Å². The van der Waals surface area contributed by atoms with Crippen LogP contribution in [0.2, 0.25) is 0 Å². The minimum atomic E-state index is -0.647. The summed E-state index contributed by atoms with van der Waals surface area (Å²) in [5.41, 5.74) is 2.94. The van der Waals surface area contributed by atoms with Crippen LogP contribution >= 0.6 is 0 Å². The molecule has 0 aromatic carbocycles. The summed E-state index contributed by atoms with van der Waals surface area (Å²) in [5, 5.41) is 8.49. The molecule has 2 aromatic heterocycles. The molecule has 3 heterocycles. The molecule has 1 aliphatic rings. The number of piperidine rings is 1. The van der Waals surface area contributed by atoms with E-state index < -0.39 is 5.41 Å². The van der Waals surface area contributed by atoms with Gasteiger partial charge in [0.25, 0.3) is 0 Å². The molecule has 0 bridgehead atoms. The summed E-state index contributed by atoms with van der Waals surface area (Å²) in [6.45, 7) is 12.2. The maximum atomic E-state index is 12.6. The van der Waals surface area contributed by atoms with Gasteiger partial charge in [-0.3, -0.25) is 14.5 Å². The number of nitrogens with one attached hydrogen (secondary N) is 1. The Morgan fingerprint density at radius 2 is 2.09 bits per heavy atom. The first kappa shape index (κ1) is 15.7. The van der Waals surface area contributed by atoms with Gasteiger partial charge in [-0.1, -0.05) is 27.4 Å². The molecule has 23 heavy (non-hydrogen) atoms. The van der Waals surface area contributed by atoms with Crippen LogP contribution in [0.15, 0.2) is 24.5 Å². The summed E-state index contributed by atoms with van der Waals surface area (Å²) in [4.78, 5) is 17.2. The first-order valence-corrected chi connectivity index (χ1v) is 7.96. The molecule has 0 radical (unpaired) electrons. The third kappa shape index (κ3) is 2.44. The van der Waals surface area contributed by atoms with Gasteiger partial charge in [0.15, 0.2) is 0 Å². The standard InChI is InChI=1S/C18H24N4O/c1-11-7-8-18(5,16(23)20-11)15-12-10-19-14(17(2,3)4)9-13(12)22(6)21-15/h9-10H,1,7-8H2,2-6H3,(H,20,23). The van der Waals surface area contributed by atoms with Crippen LogP contribution in [-0.2, 0) is 22.7 Å². The molecule has 1 atom stereocenters. The zero-order valence-corrected chi connectivity index (χ0v) is 14.5. The number of rotatable bonds is 1. The van der Waals surface area contributed by atoms with Crippen molar-refractivity contribution < 1.29 is 4.79 Å². The lowest BCUT2D eigenvalue weighted by Crippen LogP contribution is -2.46. The van der Waals surface area contributed by atoms with E-state index in [4.69, 9.17) is 0 Å². The van der Waals surface area contributed by atoms with Gasteiger partial charge in [0, 0.05) is 35.4 Å². The van der Waals surface area contributed by atoms with Crippen molar-refractivity contribution in [2.24, 2.45) is 7.05 Å². The van der Waals surface area contributed by atoms with Crippen molar-refractivity contribution in [2.45, 2.75) is 51.4 Å². The van der Waals surface area contributed by atoms with E-state index in [0.717, 1.165) is 34.4 Å². The second kappa shape index (κ2) is 4.91. The Morgan fingerprint density at radius 3 is 2.70 bits per heavy atom. The first-order valence-electron chi connectivity index (χ1n) is 7.96. The van der Waals surface area contributed by atoms with E-state index in [2.05, 4.69) is 48.8 Å². The smallest absolute Gasteiger partial charge is 0.236 e. The summed E-state index contributed by atoms with van der Waals surface area (Å²) in [5.74, 6) is -0.0337. The van der Waals surface area contributed by atoms with Gasteiger partial charge in [0.05, 0.1) is 16.6 Å². The number of carbonyl (C=O) groups is 1. The van der Waals surface area contributed by atoms with Crippen LogP contribution in [0.1, 0.15) is 51.9 Å². The average Bonchev–Trinajstić information content (AvgIpc) is 2.80. The van der Waals surface area contributed by atoms with Crippen molar-refractivity contribution in [3.63, 3.8) is 0 Å². The van der Waals surface area contributed by atoms with Crippen molar-refractivity contribution >= 4 is 16.8 Å². The third-order valence-electron chi connectivity index (χ3n) is 4.75. The number of hydrogen-bond acceptors (Lipinski definition) is 3. The van der Waals surface area contributed by atoms with Crippen LogP contribution in [0, 0.1) is 0 Å². The largest absolute Gasteiger partial charge is 0.330 e. The van der Waals surface area contributed by atoms with Gasteiger partial charge >= 0.3 is 0 Å². The van der Waals surface area contributed by atoms with E-state index in [0.29, 0.717) is 6.42 Å². The predicted molar refractivity (Wildman–Crippen MR) is 91.1 cm³/mol. The molecular formula is C18H24N4O. The average molecular weight is 312 g/mol. The maximum Gasteiger partial charge on any atom is 0.236 e. The molecule has 0 saturated carbocycles. The Balaban J connectivity index is 2.16. The fraction of sp³-hybridized carbons (Fsp3) is 0.500. The molecule has 3 rings (SSSR count). The van der Waals surface area contributed by atoms with E-state index in [1.807, 2.05) is 24.9 Å². The van der Waals surface area contributed by atoms with Crippen molar-refractivity contribution in [3.8, 4) is 0 Å². The number of allylic oxidation sites excluding steroid dienone is 1. The summed E-state index contributed by atoms with van der Waals surface area (Å²) < 4.78 is 1.85. The van der Waals surface area contributed by atoms with Gasteiger partial charge in [0.2, 0.25) is 5.91 Å². The fourth-order valence-corrected chi connectivity index (χ4v) is 3.07. The monoisotopic (exact) mass is 312 g/mol. The number of nitrogens with zero attached hydrogens (tertiary/aromatic N) is 3. The van der Waals surface area contributed by atoms with E-state index in [1.165, 1.54) is 0 Å². The normalized spacial score (nSPS) is 22.5. The predicted octanol–water partition coefficient (Wildman–Crippen LogP) is 2.95. The molecule has 0 spiro atoms. The molecule has 0 aliphatic carbocycles. The highest BCUT2D eigenvalue weighted by Crippen LogP contribution is 2.37. The molecule has 5 nitrogen and oxygen atoms in total. The molecule has 1 saturated heterocycles. The quantitative estimate of drug-likeness (QED) is 0.880. The van der Waals surface area contributed by atoms with E-state index in [9.17, 15) is 4.79 Å². The minimum absolute atomic E-state index is 0.0253. The molecule has 1 N–H and O–H groups in total. The highest BCUT2D eigenvalue weighted by atomic mass is 16.2. The molecule has 122 valence electrons. The van der Waals surface area contributed by atoms with E-state index in [-0.39, 0.29) is 11.3 Å². The number of aromatic nitrogens is 3. The highest BCUT2D eigenvalue weighted by Gasteiger charge is 2.42. The molecule has 1 aliphatic heterocycles. The van der Waals surface area contributed by atoms with Crippen molar-refractivity contribution in [3.05, 3.63) is 35.9 Å². The van der Waals surface area contributed by atoms with Gasteiger partial charge < -0.3 is 5.32 Å². The van der Waals surface area contributed by atoms with Crippen molar-refractivity contribution in [1.82, 2.24) is 20.1 Å². The molecule has 1 amide bonds. The Hall–Kier alpha value is -2.17. The van der Waals surface area contributed by atoms with E-state index >= 15 is 0 Å². The van der Waals surface area contributed by atoms with Crippen LogP contribution in [0.4, 0.5) is 0 Å². The molecular weight excluding hydrogens is 288 g/mol. The summed E-state index contributed by atoms with van der Waals surface area (Å²) in [6, 6.07) is 2.08. The number of amides is 1. The van der Waals surface area contributed by atoms with Gasteiger partial charge in [-0.15, -0.1) is 0 Å². The van der Waals surface area contributed by atoms with Crippen molar-refractivity contribution in [2.75, 3.05) is 0 Å². The lowest BCUT2D eigenvalue weighted by molar-refractivity contribution is -0.127. The minimum Gasteiger partial charge on any atom is -0.330 e. The first-order chi connectivity index (χ1) is 10.6. The summed E-state index contributed by atoms with van der Waals surface area (Å²) >= 11 is 0. The maximum absolute atomic E-state index is 12.6. The number of hydrogen-bond donors (Lipinski definition) is 1. The van der Waals surface area contributed by atoms with Crippen LogP contribution in [0.3, 0.4) is 0 Å². The van der Waals surface area contributed by atoms with Crippen LogP contribution < -0.4 is 5.32 Å². The lowest BCUT2D eigenvalue weighted by Gasteiger charge is -2.32. The third-order valence-corrected chi connectivity index (χ3v) is 4.75. The lowest BCUT2D eigenvalue weighted by atomic mass is 9.77. The van der Waals surface area contributed by atoms with Crippen LogP contribution in [-0.4, -0.2) is 20.7 Å². The van der Waals surface area contributed by atoms with Crippen LogP contribution in [0.5, 0.6) is 0 Å². The highest BCUT2D eigenvalue weighted by molar-refractivity contribution is 5.95. The Kier molecular flexibility index (Phi) is 3.36. The number of carbonyl (C=O) groups excluding carboxylic acids is 1. The van der Waals surface area contributed by atoms with Gasteiger partial charge in [-0.05, 0) is 25.8 Å². The van der Waals surface area contributed by atoms with Gasteiger partial charge in [0.1, 0.15) is 0 Å². The number of fused-ring (bicyclic) bond motifs is 1. The molecule has 1 fully saturated rings. The fourth-order valence-electron chi connectivity index (χ4n) is 3.07. The molecule has 1 unspecified atom stereocenters. The number of aryl methyl sites for hydroxylation is 1. The Labute approximate surface area is 136 Å². The second-order valence-electron chi connectivity index (χ2n) is 7.70. The SMILES string of the molecule is C=C1CCC(C)(c2nn(C)c3cc(C(C)(C)C)ncc23)C(=O)N1. The Morgan fingerprint density at radius 1 is 1.39 bits per heavy atom. The van der Waals surface area contributed by atoms with Crippen molar-refractivity contribution in [1.29, 1.82) is 0 Å². The summed E-state index contributed by atoms with van der Waals surface area (Å²) in [6.07, 6.45) is 3.35. The zero-order valence-electron chi connectivity index (χ0n) is 14.5. The Bertz CT molecular complexity index is 812. The van der Waals surface area contributed by atoms with Crippen LogP contribution in [0.25, 0.3) is 10.9 Å².